The van der Waals surface area contributed by atoms with Gasteiger partial charge in [0.2, 0.25) is 10.0 Å². The smallest absolute Gasteiger partial charge is 0.345 e. The molecule has 1 atom stereocenters. The predicted octanol–water partition coefficient (Wildman–Crippen LogP) is 1.96. The van der Waals surface area contributed by atoms with Gasteiger partial charge < -0.3 is 5.11 Å². The van der Waals surface area contributed by atoms with E-state index in [4.69, 9.17) is 5.11 Å². The van der Waals surface area contributed by atoms with E-state index in [1.165, 1.54) is 15.8 Å². The van der Waals surface area contributed by atoms with Crippen LogP contribution in [0.2, 0.25) is 0 Å². The van der Waals surface area contributed by atoms with E-state index >= 15 is 0 Å². The highest BCUT2D eigenvalue weighted by atomic mass is 32.2. The molecular formula is C11H15NO4S3. The molecule has 19 heavy (non-hydrogen) atoms. The Morgan fingerprint density at radius 2 is 2.32 bits per heavy atom. The molecular weight excluding hydrogens is 306 g/mol. The summed E-state index contributed by atoms with van der Waals surface area (Å²) in [4.78, 5) is 11.0. The van der Waals surface area contributed by atoms with E-state index in [1.807, 2.05) is 6.92 Å². The summed E-state index contributed by atoms with van der Waals surface area (Å²) in [5, 5.41) is 10.6. The standard InChI is InChI=1S/C11H15NO4S3/c1-2-8-6-12(3-4-17-8)19(15,16)9-5-10(11(13)14)18-7-9/h5,7-8H,2-4,6H2,1H3,(H,13,14). The molecule has 1 saturated heterocycles. The minimum Gasteiger partial charge on any atom is -0.477 e. The van der Waals surface area contributed by atoms with Crippen LogP contribution in [0, 0.1) is 0 Å². The van der Waals surface area contributed by atoms with Gasteiger partial charge in [-0.05, 0) is 12.5 Å². The highest BCUT2D eigenvalue weighted by Gasteiger charge is 2.31. The van der Waals surface area contributed by atoms with Crippen LogP contribution < -0.4 is 0 Å². The number of hydrogen-bond donors (Lipinski definition) is 1. The zero-order chi connectivity index (χ0) is 14.0. The highest BCUT2D eigenvalue weighted by molar-refractivity contribution is 8.00. The van der Waals surface area contributed by atoms with Gasteiger partial charge in [-0.25, -0.2) is 13.2 Å². The molecule has 1 unspecified atom stereocenters. The van der Waals surface area contributed by atoms with Gasteiger partial charge in [0.15, 0.2) is 0 Å². The Kier molecular flexibility index (Phi) is 4.54. The maximum absolute atomic E-state index is 12.4. The molecule has 5 nitrogen and oxygen atoms in total. The van der Waals surface area contributed by atoms with Crippen molar-refractivity contribution >= 4 is 39.1 Å². The summed E-state index contributed by atoms with van der Waals surface area (Å²) in [6.45, 7) is 3.03. The fourth-order valence-electron chi connectivity index (χ4n) is 1.87. The lowest BCUT2D eigenvalue weighted by atomic mass is 10.3. The first-order chi connectivity index (χ1) is 8.95. The first-order valence-electron chi connectivity index (χ1n) is 5.88. The molecule has 8 heteroatoms. The number of carbonyl (C=O) groups is 1. The summed E-state index contributed by atoms with van der Waals surface area (Å²) >= 11 is 2.74. The van der Waals surface area contributed by atoms with Crippen molar-refractivity contribution in [2.45, 2.75) is 23.5 Å². The molecule has 1 N–H and O–H groups in total. The number of rotatable bonds is 4. The minimum atomic E-state index is -3.55. The third-order valence-electron chi connectivity index (χ3n) is 2.98. The van der Waals surface area contributed by atoms with Crippen LogP contribution in [0.5, 0.6) is 0 Å². The second kappa shape index (κ2) is 5.82. The monoisotopic (exact) mass is 321 g/mol. The molecule has 106 valence electrons. The fourth-order valence-corrected chi connectivity index (χ4v) is 5.85. The summed E-state index contributed by atoms with van der Waals surface area (Å²) in [5.41, 5.74) is 0. The highest BCUT2D eigenvalue weighted by Crippen LogP contribution is 2.28. The number of carboxylic acid groups (broad SMARTS) is 1. The SMILES string of the molecule is CCC1CN(S(=O)(=O)c2csc(C(=O)O)c2)CCS1. The van der Waals surface area contributed by atoms with E-state index in [1.54, 1.807) is 11.8 Å². The number of thiophene rings is 1. The lowest BCUT2D eigenvalue weighted by molar-refractivity contribution is 0.0702. The van der Waals surface area contributed by atoms with Crippen molar-refractivity contribution in [3.05, 3.63) is 16.3 Å². The summed E-state index contributed by atoms with van der Waals surface area (Å²) in [5.74, 6) is -0.305. The van der Waals surface area contributed by atoms with E-state index in [0.29, 0.717) is 18.3 Å². The lowest BCUT2D eigenvalue weighted by Gasteiger charge is -2.30. The Morgan fingerprint density at radius 1 is 1.58 bits per heavy atom. The molecule has 0 aliphatic carbocycles. The molecule has 1 aromatic heterocycles. The summed E-state index contributed by atoms with van der Waals surface area (Å²) in [7, 11) is -3.55. The van der Waals surface area contributed by atoms with Gasteiger partial charge in [-0.15, -0.1) is 11.3 Å². The normalized spacial score (nSPS) is 21.4. The number of nitrogens with zero attached hydrogens (tertiary/aromatic N) is 1. The van der Waals surface area contributed by atoms with Gasteiger partial charge in [0.05, 0.1) is 4.90 Å². The molecule has 1 fully saturated rings. The molecule has 0 saturated carbocycles. The zero-order valence-corrected chi connectivity index (χ0v) is 12.9. The van der Waals surface area contributed by atoms with Crippen molar-refractivity contribution < 1.29 is 18.3 Å². The van der Waals surface area contributed by atoms with Crippen molar-refractivity contribution in [2.24, 2.45) is 0 Å². The Morgan fingerprint density at radius 3 is 2.89 bits per heavy atom. The molecule has 1 aliphatic rings. The summed E-state index contributed by atoms with van der Waals surface area (Å²) in [6, 6.07) is 1.24. The number of hydrogen-bond acceptors (Lipinski definition) is 5. The molecule has 2 rings (SSSR count). The van der Waals surface area contributed by atoms with Crippen LogP contribution in [0.25, 0.3) is 0 Å². The lowest BCUT2D eigenvalue weighted by Crippen LogP contribution is -2.41. The number of aromatic carboxylic acids is 1. The van der Waals surface area contributed by atoms with Gasteiger partial charge in [0.1, 0.15) is 4.88 Å². The van der Waals surface area contributed by atoms with Crippen LogP contribution in [0.4, 0.5) is 0 Å². The Bertz CT molecular complexity index is 566. The third-order valence-corrected chi connectivity index (χ3v) is 7.26. The van der Waals surface area contributed by atoms with Crippen LogP contribution >= 0.6 is 23.1 Å². The molecule has 0 aromatic carbocycles. The Labute approximate surface area is 120 Å². The van der Waals surface area contributed by atoms with Crippen LogP contribution in [0.3, 0.4) is 0 Å². The number of sulfonamides is 1. The van der Waals surface area contributed by atoms with E-state index < -0.39 is 16.0 Å². The molecule has 0 radical (unpaired) electrons. The van der Waals surface area contributed by atoms with Crippen LogP contribution in [0.15, 0.2) is 16.3 Å². The minimum absolute atomic E-state index is 0.0528. The number of thioether (sulfide) groups is 1. The summed E-state index contributed by atoms with van der Waals surface area (Å²) in [6.07, 6.45) is 0.931. The van der Waals surface area contributed by atoms with Gasteiger partial charge in [-0.2, -0.15) is 16.1 Å². The Balaban J connectivity index is 2.23. The zero-order valence-electron chi connectivity index (χ0n) is 10.4. The molecule has 1 aromatic rings. The van der Waals surface area contributed by atoms with Gasteiger partial charge in [-0.1, -0.05) is 6.92 Å². The van der Waals surface area contributed by atoms with Gasteiger partial charge in [0.25, 0.3) is 0 Å². The largest absolute Gasteiger partial charge is 0.477 e. The van der Waals surface area contributed by atoms with Crippen molar-refractivity contribution in [1.82, 2.24) is 4.31 Å². The van der Waals surface area contributed by atoms with Gasteiger partial charge >= 0.3 is 5.97 Å². The maximum atomic E-state index is 12.4. The van der Waals surface area contributed by atoms with Crippen molar-refractivity contribution in [3.8, 4) is 0 Å². The molecule has 2 heterocycles. The van der Waals surface area contributed by atoms with Gasteiger partial charge in [-0.3, -0.25) is 0 Å². The average molecular weight is 321 g/mol. The van der Waals surface area contributed by atoms with Crippen LogP contribution in [0.1, 0.15) is 23.0 Å². The number of carboxylic acids is 1. The second-order valence-corrected chi connectivity index (χ2v) is 8.47. The first kappa shape index (κ1) is 14.8. The van der Waals surface area contributed by atoms with Crippen LogP contribution in [-0.2, 0) is 10.0 Å². The van der Waals surface area contributed by atoms with Crippen LogP contribution in [-0.4, -0.2) is 47.9 Å². The molecule has 1 aliphatic heterocycles. The topological polar surface area (TPSA) is 74.7 Å². The van der Waals surface area contributed by atoms with Crippen molar-refractivity contribution in [2.75, 3.05) is 18.8 Å². The van der Waals surface area contributed by atoms with E-state index in [2.05, 4.69) is 0 Å². The molecule has 0 spiro atoms. The summed E-state index contributed by atoms with van der Waals surface area (Å²) < 4.78 is 26.3. The second-order valence-electron chi connectivity index (χ2n) is 4.22. The maximum Gasteiger partial charge on any atom is 0.345 e. The fraction of sp³-hybridized carbons (Fsp3) is 0.545. The Hall–Kier alpha value is -0.570. The average Bonchev–Trinajstić information content (AvgIpc) is 2.89. The van der Waals surface area contributed by atoms with E-state index in [-0.39, 0.29) is 9.77 Å². The third kappa shape index (κ3) is 3.13. The first-order valence-corrected chi connectivity index (χ1v) is 9.25. The molecule has 0 bridgehead atoms. The van der Waals surface area contributed by atoms with Crippen molar-refractivity contribution in [3.63, 3.8) is 0 Å². The van der Waals surface area contributed by atoms with Crippen molar-refractivity contribution in [1.29, 1.82) is 0 Å². The van der Waals surface area contributed by atoms with Gasteiger partial charge in [0, 0.05) is 29.5 Å². The molecule has 0 amide bonds. The predicted molar refractivity (Wildman–Crippen MR) is 76.6 cm³/mol. The van der Waals surface area contributed by atoms with E-state index in [0.717, 1.165) is 23.5 Å². The van der Waals surface area contributed by atoms with E-state index in [9.17, 15) is 13.2 Å². The quantitative estimate of drug-likeness (QED) is 0.917.